The van der Waals surface area contributed by atoms with E-state index < -0.39 is 5.95 Å². The Morgan fingerprint density at radius 1 is 1.20 bits per heavy atom. The lowest BCUT2D eigenvalue weighted by Crippen LogP contribution is -2.49. The van der Waals surface area contributed by atoms with Crippen LogP contribution in [0.1, 0.15) is 18.6 Å². The lowest BCUT2D eigenvalue weighted by molar-refractivity contribution is -0.469. The van der Waals surface area contributed by atoms with Crippen LogP contribution < -0.4 is 0 Å². The summed E-state index contributed by atoms with van der Waals surface area (Å²) < 4.78 is 20.5. The van der Waals surface area contributed by atoms with Gasteiger partial charge in [0.2, 0.25) is 5.95 Å². The normalized spacial score (nSPS) is 27.8. The summed E-state index contributed by atoms with van der Waals surface area (Å²) in [5.41, 5.74) is 3.67. The highest BCUT2D eigenvalue weighted by molar-refractivity contribution is 5.86. The first-order valence-corrected chi connectivity index (χ1v) is 8.48. The molecule has 3 saturated heterocycles. The summed E-state index contributed by atoms with van der Waals surface area (Å²) in [5.74, 6) is 0.759. The summed E-state index contributed by atoms with van der Waals surface area (Å²) in [4.78, 5) is 6.14. The number of halogens is 1. The van der Waals surface area contributed by atoms with E-state index in [1.165, 1.54) is 43.9 Å². The van der Waals surface area contributed by atoms with Gasteiger partial charge >= 0.3 is 0 Å². The summed E-state index contributed by atoms with van der Waals surface area (Å²) in [5, 5.41) is 8.58. The zero-order chi connectivity index (χ0) is 16.8. The molecule has 0 radical (unpaired) electrons. The van der Waals surface area contributed by atoms with Crippen LogP contribution >= 0.6 is 0 Å². The molecule has 2 aromatic rings. The molecule has 0 saturated carbocycles. The fourth-order valence-electron chi connectivity index (χ4n) is 3.73. The molecular formula is C18H17FN5O+. The van der Waals surface area contributed by atoms with Crippen molar-refractivity contribution in [2.24, 2.45) is 16.3 Å². The fraction of sp³-hybridized carbons (Fsp3) is 0.333. The second-order valence-corrected chi connectivity index (χ2v) is 6.66. The molecule has 2 aromatic heterocycles. The number of hydrogen-bond acceptors (Lipinski definition) is 5. The minimum atomic E-state index is -0.495. The molecule has 4 aliphatic rings. The van der Waals surface area contributed by atoms with Crippen LogP contribution in [-0.4, -0.2) is 39.9 Å². The summed E-state index contributed by atoms with van der Waals surface area (Å²) >= 11 is 0. The van der Waals surface area contributed by atoms with Crippen molar-refractivity contribution in [3.05, 3.63) is 48.6 Å². The van der Waals surface area contributed by atoms with E-state index in [2.05, 4.69) is 20.2 Å². The van der Waals surface area contributed by atoms with E-state index in [0.29, 0.717) is 17.4 Å². The summed E-state index contributed by atoms with van der Waals surface area (Å²) in [6.07, 6.45) is 7.46. The standard InChI is InChI=1S/C18H17FN5O/c19-18-2-1-13(8-20-18)14-7-17(25-11-14)15-9-24(22-21-15)16-10-23-5-3-12(16)4-6-23/h1-2,7-9,11-12H,3-6,10H2/q+1. The van der Waals surface area contributed by atoms with E-state index in [1.807, 2.05) is 17.0 Å². The maximum Gasteiger partial charge on any atom is 0.286 e. The molecule has 0 aliphatic carbocycles. The minimum Gasteiger partial charge on any atom is -0.459 e. The quantitative estimate of drug-likeness (QED) is 0.623. The highest BCUT2D eigenvalue weighted by atomic mass is 19.1. The van der Waals surface area contributed by atoms with Gasteiger partial charge in [-0.05, 0) is 44.1 Å². The van der Waals surface area contributed by atoms with Gasteiger partial charge in [0.1, 0.15) is 10.9 Å². The Bertz CT molecular complexity index is 904. The smallest absolute Gasteiger partial charge is 0.286 e. The second kappa shape index (κ2) is 5.70. The van der Waals surface area contributed by atoms with Crippen LogP contribution in [0.15, 0.2) is 51.6 Å². The van der Waals surface area contributed by atoms with E-state index in [1.54, 1.807) is 12.3 Å². The Kier molecular flexibility index (Phi) is 3.34. The molecule has 126 valence electrons. The van der Waals surface area contributed by atoms with Crippen molar-refractivity contribution >= 4 is 11.4 Å². The molecule has 7 heteroatoms. The number of piperidine rings is 3. The van der Waals surface area contributed by atoms with Gasteiger partial charge in [0.05, 0.1) is 17.9 Å². The molecule has 0 amide bonds. The van der Waals surface area contributed by atoms with Gasteiger partial charge < -0.3 is 4.42 Å². The lowest BCUT2D eigenvalue weighted by Gasteiger charge is -2.38. The zero-order valence-electron chi connectivity index (χ0n) is 13.6. The molecule has 3 fully saturated rings. The van der Waals surface area contributed by atoms with Crippen molar-refractivity contribution in [3.63, 3.8) is 0 Å². The molecule has 0 spiro atoms. The number of rotatable bonds is 2. The monoisotopic (exact) mass is 338 g/mol. The Hall–Kier alpha value is -2.67. The van der Waals surface area contributed by atoms with Crippen molar-refractivity contribution < 1.29 is 13.5 Å². The van der Waals surface area contributed by atoms with Crippen molar-refractivity contribution in [2.45, 2.75) is 12.8 Å². The number of fused-ring (bicyclic) bond motifs is 3. The largest absolute Gasteiger partial charge is 0.459 e. The third-order valence-electron chi connectivity index (χ3n) is 5.14. The highest BCUT2D eigenvalue weighted by Crippen LogP contribution is 2.30. The molecule has 0 aromatic carbocycles. The van der Waals surface area contributed by atoms with Gasteiger partial charge in [0.25, 0.3) is 5.70 Å². The van der Waals surface area contributed by atoms with Crippen LogP contribution in [-0.2, 0) is 0 Å². The van der Waals surface area contributed by atoms with Crippen LogP contribution in [0, 0.1) is 11.9 Å². The first-order valence-electron chi connectivity index (χ1n) is 8.48. The molecule has 4 aliphatic heterocycles. The fourth-order valence-corrected chi connectivity index (χ4v) is 3.73. The van der Waals surface area contributed by atoms with Crippen molar-refractivity contribution in [1.29, 1.82) is 0 Å². The average Bonchev–Trinajstić information content (AvgIpc) is 3.33. The molecule has 0 atom stereocenters. The van der Waals surface area contributed by atoms with Crippen molar-refractivity contribution in [3.8, 4) is 11.1 Å². The number of hydrogen-bond donors (Lipinski definition) is 0. The Labute approximate surface area is 144 Å². The first kappa shape index (κ1) is 14.7. The maximum absolute atomic E-state index is 13.0. The van der Waals surface area contributed by atoms with Gasteiger partial charge in [0, 0.05) is 23.2 Å². The summed E-state index contributed by atoms with van der Waals surface area (Å²) in [6, 6.07) is 4.89. The first-order chi connectivity index (χ1) is 12.3. The number of pyridine rings is 1. The topological polar surface area (TPSA) is 57.0 Å². The summed E-state index contributed by atoms with van der Waals surface area (Å²) in [6.45, 7) is 3.34. The van der Waals surface area contributed by atoms with Crippen LogP contribution in [0.4, 0.5) is 4.39 Å². The second-order valence-electron chi connectivity index (χ2n) is 6.66. The van der Waals surface area contributed by atoms with Crippen molar-refractivity contribution in [2.75, 3.05) is 19.6 Å². The third-order valence-corrected chi connectivity index (χ3v) is 5.14. The molecule has 0 unspecified atom stereocenters. The predicted molar refractivity (Wildman–Crippen MR) is 89.2 cm³/mol. The molecule has 25 heavy (non-hydrogen) atoms. The maximum atomic E-state index is 13.0. The SMILES string of the molecule is Fc1ccc(-c2coc(C3=C[N+](=C4CN5CCC4CC5)N=N3)c2)cn1. The van der Waals surface area contributed by atoms with Crippen LogP contribution in [0.25, 0.3) is 16.8 Å². The molecular weight excluding hydrogens is 321 g/mol. The average molecular weight is 338 g/mol. The van der Waals surface area contributed by atoms with E-state index >= 15 is 0 Å². The lowest BCUT2D eigenvalue weighted by atomic mass is 9.86. The van der Waals surface area contributed by atoms with Crippen LogP contribution in [0.2, 0.25) is 0 Å². The van der Waals surface area contributed by atoms with Gasteiger partial charge in [-0.1, -0.05) is 0 Å². The third kappa shape index (κ3) is 2.60. The Morgan fingerprint density at radius 2 is 2.08 bits per heavy atom. The van der Waals surface area contributed by atoms with E-state index in [9.17, 15) is 4.39 Å². The molecule has 6 rings (SSSR count). The van der Waals surface area contributed by atoms with Gasteiger partial charge in [-0.25, -0.2) is 4.98 Å². The van der Waals surface area contributed by atoms with E-state index in [0.717, 1.165) is 17.7 Å². The van der Waals surface area contributed by atoms with Crippen LogP contribution in [0.3, 0.4) is 0 Å². The Morgan fingerprint density at radius 3 is 2.80 bits per heavy atom. The van der Waals surface area contributed by atoms with Crippen LogP contribution in [0.5, 0.6) is 0 Å². The zero-order valence-corrected chi connectivity index (χ0v) is 13.6. The van der Waals surface area contributed by atoms with E-state index in [4.69, 9.17) is 4.42 Å². The van der Waals surface area contributed by atoms with Gasteiger partial charge in [0.15, 0.2) is 12.0 Å². The minimum absolute atomic E-state index is 0.495. The molecule has 0 N–H and O–H groups in total. The van der Waals surface area contributed by atoms with Gasteiger partial charge in [-0.15, -0.1) is 4.68 Å². The predicted octanol–water partition coefficient (Wildman–Crippen LogP) is 3.34. The van der Waals surface area contributed by atoms with Crippen molar-refractivity contribution in [1.82, 2.24) is 9.88 Å². The molecule has 6 nitrogen and oxygen atoms in total. The number of furan rings is 1. The number of aromatic nitrogens is 1. The highest BCUT2D eigenvalue weighted by Gasteiger charge is 2.36. The molecule has 6 heterocycles. The van der Waals surface area contributed by atoms with Gasteiger partial charge in [-0.2, -0.15) is 4.39 Å². The van der Waals surface area contributed by atoms with E-state index in [-0.39, 0.29) is 0 Å². The Balaban J connectivity index is 1.43. The summed E-state index contributed by atoms with van der Waals surface area (Å²) in [7, 11) is 0. The molecule has 2 bridgehead atoms. The van der Waals surface area contributed by atoms with Gasteiger partial charge in [-0.3, -0.25) is 4.90 Å². The number of nitrogens with zero attached hydrogens (tertiary/aromatic N) is 5.